The number of carbonyl (C=O) groups excluding carboxylic acids is 1. The van der Waals surface area contributed by atoms with Crippen molar-refractivity contribution < 1.29 is 4.79 Å². The Morgan fingerprint density at radius 1 is 1.65 bits per heavy atom. The molecule has 0 aliphatic heterocycles. The number of likely N-dealkylation sites (N-methyl/N-ethyl adjacent to an activating group) is 1. The number of hydrogen-bond acceptors (Lipinski definition) is 6. The molecule has 96 valence electrons. The van der Waals surface area contributed by atoms with Crippen molar-refractivity contribution in [2.75, 3.05) is 12.3 Å². The Kier molecular flexibility index (Phi) is 4.88. The third-order valence-corrected chi connectivity index (χ3v) is 3.54. The summed E-state index contributed by atoms with van der Waals surface area (Å²) >= 11 is 1.50. The molecular weight excluding hydrogens is 240 g/mol. The maximum Gasteiger partial charge on any atom is 0.237 e. The first-order valence-corrected chi connectivity index (χ1v) is 6.38. The Labute approximate surface area is 105 Å². The minimum atomic E-state index is -0.673. The summed E-state index contributed by atoms with van der Waals surface area (Å²) in [7, 11) is 1.78. The molecule has 1 heterocycles. The van der Waals surface area contributed by atoms with Crippen LogP contribution in [0.15, 0.2) is 5.16 Å². The van der Waals surface area contributed by atoms with E-state index in [1.165, 1.54) is 11.8 Å². The lowest BCUT2D eigenvalue weighted by Gasteiger charge is -2.26. The van der Waals surface area contributed by atoms with Crippen molar-refractivity contribution in [2.24, 2.45) is 12.8 Å². The number of hydrogen-bond donors (Lipinski definition) is 2. The number of rotatable bonds is 7. The molecule has 0 aliphatic carbocycles. The van der Waals surface area contributed by atoms with Crippen LogP contribution in [0.4, 0.5) is 0 Å². The Morgan fingerprint density at radius 2 is 2.35 bits per heavy atom. The number of nitrogens with zero attached hydrogens (tertiary/aromatic N) is 4. The number of aromatic nitrogens is 4. The summed E-state index contributed by atoms with van der Waals surface area (Å²) in [4.78, 5) is 11.4. The van der Waals surface area contributed by atoms with E-state index in [1.54, 1.807) is 11.7 Å². The van der Waals surface area contributed by atoms with E-state index in [-0.39, 0.29) is 5.91 Å². The summed E-state index contributed by atoms with van der Waals surface area (Å²) in [6.07, 6.45) is 0.633. The van der Waals surface area contributed by atoms with Gasteiger partial charge in [0.2, 0.25) is 11.1 Å². The molecule has 0 radical (unpaired) electrons. The second-order valence-electron chi connectivity index (χ2n) is 3.91. The van der Waals surface area contributed by atoms with Gasteiger partial charge in [0.1, 0.15) is 0 Å². The van der Waals surface area contributed by atoms with Crippen LogP contribution in [0.25, 0.3) is 0 Å². The van der Waals surface area contributed by atoms with Crippen molar-refractivity contribution >= 4 is 17.7 Å². The Morgan fingerprint density at radius 3 is 2.82 bits per heavy atom. The van der Waals surface area contributed by atoms with Crippen LogP contribution in [0.1, 0.15) is 20.3 Å². The highest BCUT2D eigenvalue weighted by Gasteiger charge is 2.29. The number of aryl methyl sites for hydroxylation is 1. The summed E-state index contributed by atoms with van der Waals surface area (Å²) in [5.74, 6) is 0.386. The highest BCUT2D eigenvalue weighted by atomic mass is 32.2. The summed E-state index contributed by atoms with van der Waals surface area (Å²) in [6, 6.07) is 0. The maximum atomic E-state index is 11.4. The lowest BCUT2D eigenvalue weighted by Crippen LogP contribution is -2.53. The van der Waals surface area contributed by atoms with Gasteiger partial charge in [0.25, 0.3) is 0 Å². The quantitative estimate of drug-likeness (QED) is 0.642. The molecule has 7 nitrogen and oxygen atoms in total. The number of primary amides is 1. The molecule has 8 heteroatoms. The van der Waals surface area contributed by atoms with Crippen molar-refractivity contribution in [3.8, 4) is 0 Å². The SMILES string of the molecule is CCNC(C)(CCSc1nnnn1C)C(N)=O. The first-order chi connectivity index (χ1) is 7.99. The first kappa shape index (κ1) is 13.9. The first-order valence-electron chi connectivity index (χ1n) is 5.39. The van der Waals surface area contributed by atoms with E-state index < -0.39 is 5.54 Å². The Balaban J connectivity index is 2.48. The van der Waals surface area contributed by atoms with Crippen LogP contribution < -0.4 is 11.1 Å². The largest absolute Gasteiger partial charge is 0.368 e. The molecule has 1 amide bonds. The van der Waals surface area contributed by atoms with Crippen molar-refractivity contribution in [3.05, 3.63) is 0 Å². The molecule has 0 aromatic carbocycles. The summed E-state index contributed by atoms with van der Waals surface area (Å²) in [5, 5.41) is 15.0. The van der Waals surface area contributed by atoms with E-state index in [0.717, 1.165) is 10.9 Å². The highest BCUT2D eigenvalue weighted by molar-refractivity contribution is 7.99. The van der Waals surface area contributed by atoms with Crippen molar-refractivity contribution in [3.63, 3.8) is 0 Å². The van der Waals surface area contributed by atoms with Gasteiger partial charge in [0.15, 0.2) is 0 Å². The van der Waals surface area contributed by atoms with Gasteiger partial charge in [-0.1, -0.05) is 18.7 Å². The lowest BCUT2D eigenvalue weighted by molar-refractivity contribution is -0.123. The molecule has 17 heavy (non-hydrogen) atoms. The van der Waals surface area contributed by atoms with E-state index >= 15 is 0 Å². The van der Waals surface area contributed by atoms with Gasteiger partial charge in [0.05, 0.1) is 5.54 Å². The smallest absolute Gasteiger partial charge is 0.237 e. The molecule has 0 saturated heterocycles. The fourth-order valence-electron chi connectivity index (χ4n) is 1.38. The molecule has 1 rings (SSSR count). The van der Waals surface area contributed by atoms with Crippen LogP contribution in [0.5, 0.6) is 0 Å². The molecule has 0 spiro atoms. The van der Waals surface area contributed by atoms with Crippen LogP contribution in [-0.4, -0.2) is 44.0 Å². The van der Waals surface area contributed by atoms with E-state index in [4.69, 9.17) is 5.73 Å². The molecule has 1 unspecified atom stereocenters. The standard InChI is InChI=1S/C9H18N6OS/c1-4-11-9(2,7(10)16)5-6-17-8-12-13-14-15(8)3/h11H,4-6H2,1-3H3,(H2,10,16). The fourth-order valence-corrected chi connectivity index (χ4v) is 2.39. The molecule has 0 fully saturated rings. The van der Waals surface area contributed by atoms with E-state index in [1.807, 2.05) is 13.8 Å². The van der Waals surface area contributed by atoms with Gasteiger partial charge < -0.3 is 11.1 Å². The topological polar surface area (TPSA) is 98.7 Å². The van der Waals surface area contributed by atoms with Crippen LogP contribution in [0.3, 0.4) is 0 Å². The predicted octanol–water partition coefficient (Wildman–Crippen LogP) is -0.454. The Hall–Kier alpha value is -1.15. The van der Waals surface area contributed by atoms with E-state index in [0.29, 0.717) is 13.0 Å². The Bertz CT molecular complexity index is 381. The molecule has 0 saturated carbocycles. The number of nitrogens with two attached hydrogens (primary N) is 1. The van der Waals surface area contributed by atoms with Gasteiger partial charge in [-0.2, -0.15) is 0 Å². The van der Waals surface area contributed by atoms with Gasteiger partial charge in [-0.3, -0.25) is 4.79 Å². The number of amides is 1. The molecule has 0 aliphatic rings. The van der Waals surface area contributed by atoms with Crippen molar-refractivity contribution in [1.29, 1.82) is 0 Å². The van der Waals surface area contributed by atoms with Crippen LogP contribution in [-0.2, 0) is 11.8 Å². The van der Waals surface area contributed by atoms with Gasteiger partial charge in [-0.15, -0.1) is 5.10 Å². The zero-order valence-corrected chi connectivity index (χ0v) is 11.1. The molecular formula is C9H18N6OS. The maximum absolute atomic E-state index is 11.4. The average Bonchev–Trinajstić information content (AvgIpc) is 2.65. The zero-order chi connectivity index (χ0) is 12.9. The highest BCUT2D eigenvalue weighted by Crippen LogP contribution is 2.18. The summed E-state index contributed by atoms with van der Waals surface area (Å²) in [5.41, 5.74) is 4.72. The minimum Gasteiger partial charge on any atom is -0.368 e. The second-order valence-corrected chi connectivity index (χ2v) is 4.97. The van der Waals surface area contributed by atoms with Gasteiger partial charge in [0, 0.05) is 12.8 Å². The third kappa shape index (κ3) is 3.67. The molecule has 1 atom stereocenters. The van der Waals surface area contributed by atoms with E-state index in [9.17, 15) is 4.79 Å². The monoisotopic (exact) mass is 258 g/mol. The number of carbonyl (C=O) groups is 1. The van der Waals surface area contributed by atoms with Gasteiger partial charge >= 0.3 is 0 Å². The molecule has 3 N–H and O–H groups in total. The normalized spacial score (nSPS) is 14.5. The van der Waals surface area contributed by atoms with Crippen LogP contribution in [0.2, 0.25) is 0 Å². The molecule has 0 bridgehead atoms. The number of thioether (sulfide) groups is 1. The average molecular weight is 258 g/mol. The van der Waals surface area contributed by atoms with Gasteiger partial charge in [-0.05, 0) is 30.3 Å². The van der Waals surface area contributed by atoms with Crippen molar-refractivity contribution in [1.82, 2.24) is 25.5 Å². The van der Waals surface area contributed by atoms with Crippen molar-refractivity contribution in [2.45, 2.75) is 31.0 Å². The minimum absolute atomic E-state index is 0.337. The summed E-state index contributed by atoms with van der Waals surface area (Å²) < 4.78 is 1.60. The van der Waals surface area contributed by atoms with Crippen LogP contribution in [0, 0.1) is 0 Å². The van der Waals surface area contributed by atoms with Crippen LogP contribution >= 0.6 is 11.8 Å². The number of nitrogens with one attached hydrogen (secondary N) is 1. The molecule has 1 aromatic rings. The zero-order valence-electron chi connectivity index (χ0n) is 10.3. The van der Waals surface area contributed by atoms with E-state index in [2.05, 4.69) is 20.8 Å². The predicted molar refractivity (Wildman–Crippen MR) is 65.4 cm³/mol. The second kappa shape index (κ2) is 5.97. The summed E-state index contributed by atoms with van der Waals surface area (Å²) in [6.45, 7) is 4.46. The third-order valence-electron chi connectivity index (χ3n) is 2.53. The lowest BCUT2D eigenvalue weighted by atomic mass is 9.98. The van der Waals surface area contributed by atoms with Gasteiger partial charge in [-0.25, -0.2) is 4.68 Å². The molecule has 1 aromatic heterocycles. The number of tetrazole rings is 1. The fraction of sp³-hybridized carbons (Fsp3) is 0.778.